The Kier molecular flexibility index (Phi) is 2.24. The molecular weight excluding hydrogens is 192 g/mol. The number of fused-ring (bicyclic) bond motifs is 2. The molecule has 0 aromatic heterocycles. The zero-order chi connectivity index (χ0) is 11.1. The summed E-state index contributed by atoms with van der Waals surface area (Å²) in [4.78, 5) is 0. The van der Waals surface area contributed by atoms with Gasteiger partial charge in [-0.15, -0.1) is 0 Å². The molecule has 0 nitrogen and oxygen atoms in total. The van der Waals surface area contributed by atoms with E-state index in [9.17, 15) is 0 Å². The lowest BCUT2D eigenvalue weighted by molar-refractivity contribution is 0.619. The molecule has 0 radical (unpaired) electrons. The maximum absolute atomic E-state index is 2.43. The van der Waals surface area contributed by atoms with Gasteiger partial charge in [0.05, 0.1) is 0 Å². The fourth-order valence-electron chi connectivity index (χ4n) is 2.88. The van der Waals surface area contributed by atoms with E-state index < -0.39 is 0 Å². The molecule has 2 aliphatic rings. The Morgan fingerprint density at radius 3 is 2.81 bits per heavy atom. The molecule has 0 saturated heterocycles. The summed E-state index contributed by atoms with van der Waals surface area (Å²) < 4.78 is 0. The lowest BCUT2D eigenvalue weighted by Crippen LogP contribution is -2.33. The summed E-state index contributed by atoms with van der Waals surface area (Å²) in [6, 6.07) is 4.72. The smallest absolute Gasteiger partial charge is 0.0118 e. The summed E-state index contributed by atoms with van der Waals surface area (Å²) in [5, 5.41) is 2.93. The topological polar surface area (TPSA) is 0 Å². The van der Waals surface area contributed by atoms with E-state index in [0.29, 0.717) is 0 Å². The second-order valence-electron chi connectivity index (χ2n) is 5.10. The fourth-order valence-corrected chi connectivity index (χ4v) is 2.88. The van der Waals surface area contributed by atoms with Crippen molar-refractivity contribution in [2.75, 3.05) is 0 Å². The molecular formula is C16H18. The van der Waals surface area contributed by atoms with Crippen molar-refractivity contribution in [3.63, 3.8) is 0 Å². The lowest BCUT2D eigenvalue weighted by Gasteiger charge is -2.23. The zero-order valence-electron chi connectivity index (χ0n) is 10.1. The van der Waals surface area contributed by atoms with Gasteiger partial charge in [0.2, 0.25) is 0 Å². The van der Waals surface area contributed by atoms with Crippen LogP contribution in [0.4, 0.5) is 0 Å². The van der Waals surface area contributed by atoms with E-state index in [2.05, 4.69) is 44.2 Å². The van der Waals surface area contributed by atoms with Gasteiger partial charge < -0.3 is 0 Å². The first-order valence-corrected chi connectivity index (χ1v) is 6.24. The molecule has 0 heterocycles. The molecule has 1 atom stereocenters. The van der Waals surface area contributed by atoms with Gasteiger partial charge in [-0.1, -0.05) is 30.4 Å². The SMILES string of the molecule is Cc1cc2c(cc1C)=C1C=CCCC1CC=2. The summed E-state index contributed by atoms with van der Waals surface area (Å²) in [7, 11) is 0. The van der Waals surface area contributed by atoms with Crippen LogP contribution in [0, 0.1) is 19.8 Å². The van der Waals surface area contributed by atoms with Crippen LogP contribution in [0.25, 0.3) is 11.6 Å². The van der Waals surface area contributed by atoms with E-state index in [0.717, 1.165) is 5.92 Å². The third-order valence-corrected chi connectivity index (χ3v) is 4.02. The standard InChI is InChI=1S/C16H18/c1-11-9-14-8-7-13-5-3-4-6-15(13)16(14)10-12(11)2/h4,6,8-10,13H,3,5,7H2,1-2H3. The number of benzene rings is 1. The summed E-state index contributed by atoms with van der Waals surface area (Å²) in [5.74, 6) is 0.777. The minimum atomic E-state index is 0.777. The summed E-state index contributed by atoms with van der Waals surface area (Å²) in [5.41, 5.74) is 4.40. The molecule has 0 heteroatoms. The summed E-state index contributed by atoms with van der Waals surface area (Å²) in [6.07, 6.45) is 10.9. The highest BCUT2D eigenvalue weighted by Crippen LogP contribution is 2.28. The molecule has 82 valence electrons. The predicted molar refractivity (Wildman–Crippen MR) is 69.5 cm³/mol. The van der Waals surface area contributed by atoms with E-state index in [1.165, 1.54) is 40.8 Å². The number of rotatable bonds is 0. The Hall–Kier alpha value is -1.30. The second-order valence-corrected chi connectivity index (χ2v) is 5.10. The normalized spacial score (nSPS) is 22.4. The molecule has 0 saturated carbocycles. The monoisotopic (exact) mass is 210 g/mol. The summed E-state index contributed by atoms with van der Waals surface area (Å²) >= 11 is 0. The van der Waals surface area contributed by atoms with Crippen LogP contribution in [0.15, 0.2) is 24.3 Å². The van der Waals surface area contributed by atoms with E-state index in [-0.39, 0.29) is 0 Å². The predicted octanol–water partition coefficient (Wildman–Crippen LogP) is 2.60. The van der Waals surface area contributed by atoms with E-state index in [1.807, 2.05) is 0 Å². The van der Waals surface area contributed by atoms with Crippen LogP contribution < -0.4 is 10.4 Å². The van der Waals surface area contributed by atoms with Crippen LogP contribution in [0.2, 0.25) is 0 Å². The number of allylic oxidation sites excluding steroid dienone is 2. The van der Waals surface area contributed by atoms with Gasteiger partial charge in [-0.2, -0.15) is 0 Å². The Morgan fingerprint density at radius 1 is 1.12 bits per heavy atom. The van der Waals surface area contributed by atoms with Crippen molar-refractivity contribution in [1.29, 1.82) is 0 Å². The zero-order valence-corrected chi connectivity index (χ0v) is 10.1. The van der Waals surface area contributed by atoms with Gasteiger partial charge in [0.1, 0.15) is 0 Å². The molecule has 3 rings (SSSR count). The quantitative estimate of drug-likeness (QED) is 0.617. The molecule has 0 amide bonds. The molecule has 0 N–H and O–H groups in total. The highest BCUT2D eigenvalue weighted by atomic mass is 14.2. The third kappa shape index (κ3) is 1.44. The van der Waals surface area contributed by atoms with E-state index in [4.69, 9.17) is 0 Å². The number of hydrogen-bond acceptors (Lipinski definition) is 0. The van der Waals surface area contributed by atoms with Gasteiger partial charge in [-0.3, -0.25) is 0 Å². The Balaban J connectivity index is 2.38. The van der Waals surface area contributed by atoms with Crippen LogP contribution in [0.3, 0.4) is 0 Å². The average Bonchev–Trinajstić information content (AvgIpc) is 2.31. The van der Waals surface area contributed by atoms with E-state index in [1.54, 1.807) is 5.57 Å². The van der Waals surface area contributed by atoms with Crippen molar-refractivity contribution in [2.45, 2.75) is 33.1 Å². The Labute approximate surface area is 97.0 Å². The Bertz CT molecular complexity index is 573. The third-order valence-electron chi connectivity index (χ3n) is 4.02. The minimum Gasteiger partial charge on any atom is -0.0842 e. The number of aryl methyl sites for hydroxylation is 2. The van der Waals surface area contributed by atoms with Crippen LogP contribution in [0.5, 0.6) is 0 Å². The highest BCUT2D eigenvalue weighted by Gasteiger charge is 2.17. The molecule has 1 aromatic carbocycles. The molecule has 1 unspecified atom stereocenters. The first kappa shape index (κ1) is 9.89. The Morgan fingerprint density at radius 2 is 1.94 bits per heavy atom. The average molecular weight is 210 g/mol. The molecule has 16 heavy (non-hydrogen) atoms. The van der Waals surface area contributed by atoms with Crippen LogP contribution >= 0.6 is 0 Å². The first-order valence-electron chi connectivity index (χ1n) is 6.24. The van der Waals surface area contributed by atoms with Crippen molar-refractivity contribution in [2.24, 2.45) is 5.92 Å². The lowest BCUT2D eigenvalue weighted by atomic mass is 9.81. The van der Waals surface area contributed by atoms with Crippen LogP contribution in [-0.2, 0) is 0 Å². The molecule has 0 fully saturated rings. The van der Waals surface area contributed by atoms with E-state index >= 15 is 0 Å². The molecule has 0 aliphatic heterocycles. The largest absolute Gasteiger partial charge is 0.0842 e. The highest BCUT2D eigenvalue weighted by molar-refractivity contribution is 5.64. The molecule has 2 aliphatic carbocycles. The van der Waals surface area contributed by atoms with Gasteiger partial charge in [-0.25, -0.2) is 0 Å². The van der Waals surface area contributed by atoms with Crippen LogP contribution in [-0.4, -0.2) is 0 Å². The van der Waals surface area contributed by atoms with Gasteiger partial charge >= 0.3 is 0 Å². The van der Waals surface area contributed by atoms with Gasteiger partial charge in [-0.05, 0) is 66.2 Å². The van der Waals surface area contributed by atoms with Crippen molar-refractivity contribution in [1.82, 2.24) is 0 Å². The summed E-state index contributed by atoms with van der Waals surface area (Å²) in [6.45, 7) is 4.42. The maximum atomic E-state index is 2.43. The van der Waals surface area contributed by atoms with Crippen molar-refractivity contribution in [3.05, 3.63) is 45.8 Å². The first-order chi connectivity index (χ1) is 7.75. The second kappa shape index (κ2) is 3.62. The maximum Gasteiger partial charge on any atom is -0.0118 e. The fraction of sp³-hybridized carbons (Fsp3) is 0.375. The molecule has 0 spiro atoms. The van der Waals surface area contributed by atoms with Crippen LogP contribution in [0.1, 0.15) is 30.4 Å². The minimum absolute atomic E-state index is 0.777. The van der Waals surface area contributed by atoms with Gasteiger partial charge in [0.15, 0.2) is 0 Å². The van der Waals surface area contributed by atoms with Crippen molar-refractivity contribution < 1.29 is 0 Å². The molecule has 1 aromatic rings. The van der Waals surface area contributed by atoms with Gasteiger partial charge in [0.25, 0.3) is 0 Å². The molecule has 0 bridgehead atoms. The van der Waals surface area contributed by atoms with Gasteiger partial charge in [0, 0.05) is 0 Å². The van der Waals surface area contributed by atoms with Crippen molar-refractivity contribution >= 4 is 11.6 Å². The van der Waals surface area contributed by atoms with Crippen molar-refractivity contribution in [3.8, 4) is 0 Å². The number of hydrogen-bond donors (Lipinski definition) is 0.